The Kier molecular flexibility index (Phi) is 6.63. The largest absolute Gasteiger partial charge is 0.452 e. The number of nitrogens with zero attached hydrogens (tertiary/aromatic N) is 4. The SMILES string of the molecule is Cc1ccc(-c2cc(C(=O)OCC(=O)N3CCC(C(N)=O)CC3)c3cnn(C(C)C)c3n2)cc1. The highest BCUT2D eigenvalue weighted by Crippen LogP contribution is 2.27. The van der Waals surface area contributed by atoms with Crippen molar-refractivity contribution < 1.29 is 19.1 Å². The highest BCUT2D eigenvalue weighted by atomic mass is 16.5. The lowest BCUT2D eigenvalue weighted by Gasteiger charge is -2.30. The second kappa shape index (κ2) is 9.62. The number of esters is 1. The molecular weight excluding hydrogens is 434 g/mol. The molecule has 2 amide bonds. The number of aromatic nitrogens is 3. The van der Waals surface area contributed by atoms with Gasteiger partial charge in [-0.05, 0) is 39.7 Å². The van der Waals surface area contributed by atoms with Gasteiger partial charge in [0.2, 0.25) is 5.91 Å². The molecule has 1 aliphatic heterocycles. The fraction of sp³-hybridized carbons (Fsp3) is 0.400. The number of aryl methyl sites for hydroxylation is 1. The first kappa shape index (κ1) is 23.4. The van der Waals surface area contributed by atoms with Gasteiger partial charge in [0.15, 0.2) is 12.3 Å². The average molecular weight is 464 g/mol. The maximum atomic E-state index is 13.1. The van der Waals surface area contributed by atoms with Crippen molar-refractivity contribution in [2.75, 3.05) is 19.7 Å². The Bertz CT molecular complexity index is 1220. The molecule has 1 aromatic carbocycles. The molecule has 178 valence electrons. The van der Waals surface area contributed by atoms with Crippen molar-refractivity contribution in [1.29, 1.82) is 0 Å². The molecule has 0 spiro atoms. The quantitative estimate of drug-likeness (QED) is 0.561. The van der Waals surface area contributed by atoms with Crippen LogP contribution in [0.4, 0.5) is 0 Å². The van der Waals surface area contributed by atoms with Gasteiger partial charge < -0.3 is 15.4 Å². The van der Waals surface area contributed by atoms with E-state index in [1.807, 2.05) is 45.0 Å². The number of fused-ring (bicyclic) bond motifs is 1. The number of hydrogen-bond acceptors (Lipinski definition) is 6. The number of nitrogens with two attached hydrogens (primary N) is 1. The summed E-state index contributed by atoms with van der Waals surface area (Å²) < 4.78 is 7.18. The molecule has 0 bridgehead atoms. The molecule has 2 N–H and O–H groups in total. The third-order valence-corrected chi connectivity index (χ3v) is 6.20. The summed E-state index contributed by atoms with van der Waals surface area (Å²) in [5.41, 5.74) is 8.87. The second-order valence-electron chi connectivity index (χ2n) is 8.97. The van der Waals surface area contributed by atoms with E-state index in [9.17, 15) is 14.4 Å². The van der Waals surface area contributed by atoms with Gasteiger partial charge in [-0.1, -0.05) is 29.8 Å². The summed E-state index contributed by atoms with van der Waals surface area (Å²) in [6, 6.07) is 9.61. The van der Waals surface area contributed by atoms with Crippen LogP contribution in [0.1, 0.15) is 48.7 Å². The van der Waals surface area contributed by atoms with Gasteiger partial charge in [-0.25, -0.2) is 14.5 Å². The third-order valence-electron chi connectivity index (χ3n) is 6.20. The molecular formula is C25H29N5O4. The van der Waals surface area contributed by atoms with Gasteiger partial charge in [-0.15, -0.1) is 0 Å². The molecule has 1 fully saturated rings. The number of likely N-dealkylation sites (tertiary alicyclic amines) is 1. The predicted octanol–water partition coefficient (Wildman–Crippen LogP) is 2.87. The van der Waals surface area contributed by atoms with E-state index in [4.69, 9.17) is 15.5 Å². The van der Waals surface area contributed by atoms with Crippen LogP contribution in [0.5, 0.6) is 0 Å². The van der Waals surface area contributed by atoms with E-state index in [1.165, 1.54) is 0 Å². The molecule has 0 saturated carbocycles. The molecule has 0 atom stereocenters. The number of carbonyl (C=O) groups is 3. The first-order chi connectivity index (χ1) is 16.2. The first-order valence-electron chi connectivity index (χ1n) is 11.4. The number of amides is 2. The van der Waals surface area contributed by atoms with Crippen LogP contribution in [0.3, 0.4) is 0 Å². The lowest BCUT2D eigenvalue weighted by molar-refractivity contribution is -0.137. The van der Waals surface area contributed by atoms with Crippen LogP contribution in [0.15, 0.2) is 36.5 Å². The number of piperidine rings is 1. The number of ether oxygens (including phenoxy) is 1. The van der Waals surface area contributed by atoms with Gasteiger partial charge in [-0.3, -0.25) is 9.59 Å². The Morgan fingerprint density at radius 1 is 1.15 bits per heavy atom. The molecule has 34 heavy (non-hydrogen) atoms. The predicted molar refractivity (Wildman–Crippen MR) is 127 cm³/mol. The summed E-state index contributed by atoms with van der Waals surface area (Å²) in [4.78, 5) is 43.4. The Morgan fingerprint density at radius 2 is 1.82 bits per heavy atom. The lowest BCUT2D eigenvalue weighted by atomic mass is 9.96. The lowest BCUT2D eigenvalue weighted by Crippen LogP contribution is -2.43. The van der Waals surface area contributed by atoms with Crippen molar-refractivity contribution in [2.24, 2.45) is 11.7 Å². The monoisotopic (exact) mass is 463 g/mol. The molecule has 0 radical (unpaired) electrons. The van der Waals surface area contributed by atoms with Crippen LogP contribution in [0.25, 0.3) is 22.3 Å². The van der Waals surface area contributed by atoms with Gasteiger partial charge in [0.05, 0.1) is 22.8 Å². The Hall–Kier alpha value is -3.75. The molecule has 1 saturated heterocycles. The number of rotatable bonds is 6. The Morgan fingerprint density at radius 3 is 2.44 bits per heavy atom. The smallest absolute Gasteiger partial charge is 0.339 e. The van der Waals surface area contributed by atoms with Crippen LogP contribution in [0.2, 0.25) is 0 Å². The molecule has 3 heterocycles. The fourth-order valence-corrected chi connectivity index (χ4v) is 4.15. The minimum Gasteiger partial charge on any atom is -0.452 e. The van der Waals surface area contributed by atoms with Crippen molar-refractivity contribution in [3.63, 3.8) is 0 Å². The van der Waals surface area contributed by atoms with E-state index in [0.717, 1.165) is 11.1 Å². The molecule has 9 heteroatoms. The van der Waals surface area contributed by atoms with Gasteiger partial charge in [-0.2, -0.15) is 5.10 Å². The van der Waals surface area contributed by atoms with Crippen LogP contribution in [-0.2, 0) is 14.3 Å². The van der Waals surface area contributed by atoms with E-state index in [-0.39, 0.29) is 30.4 Å². The number of carbonyl (C=O) groups excluding carboxylic acids is 3. The van der Waals surface area contributed by atoms with Crippen molar-refractivity contribution in [1.82, 2.24) is 19.7 Å². The minimum atomic E-state index is -0.607. The molecule has 2 aromatic heterocycles. The Balaban J connectivity index is 1.56. The van der Waals surface area contributed by atoms with Crippen molar-refractivity contribution in [3.8, 4) is 11.3 Å². The zero-order chi connectivity index (χ0) is 24.4. The molecule has 0 aliphatic carbocycles. The summed E-state index contributed by atoms with van der Waals surface area (Å²) in [5.74, 6) is -1.46. The van der Waals surface area contributed by atoms with E-state index in [2.05, 4.69) is 5.10 Å². The molecule has 0 unspecified atom stereocenters. The summed E-state index contributed by atoms with van der Waals surface area (Å²) >= 11 is 0. The van der Waals surface area contributed by atoms with Gasteiger partial charge in [0, 0.05) is 30.6 Å². The molecule has 3 aromatic rings. The molecule has 4 rings (SSSR count). The number of hydrogen-bond donors (Lipinski definition) is 1. The minimum absolute atomic E-state index is 0.0482. The average Bonchev–Trinajstić information content (AvgIpc) is 3.26. The number of pyridine rings is 1. The van der Waals surface area contributed by atoms with Crippen molar-refractivity contribution in [3.05, 3.63) is 47.7 Å². The van der Waals surface area contributed by atoms with Gasteiger partial charge >= 0.3 is 5.97 Å². The maximum Gasteiger partial charge on any atom is 0.339 e. The van der Waals surface area contributed by atoms with Crippen LogP contribution in [0, 0.1) is 12.8 Å². The zero-order valence-electron chi connectivity index (χ0n) is 19.7. The highest BCUT2D eigenvalue weighted by Gasteiger charge is 2.27. The first-order valence-corrected chi connectivity index (χ1v) is 11.4. The van der Waals surface area contributed by atoms with Crippen molar-refractivity contribution >= 4 is 28.8 Å². The summed E-state index contributed by atoms with van der Waals surface area (Å²) in [7, 11) is 0. The van der Waals surface area contributed by atoms with Crippen LogP contribution >= 0.6 is 0 Å². The number of primary amides is 1. The topological polar surface area (TPSA) is 120 Å². The summed E-state index contributed by atoms with van der Waals surface area (Å²) in [6.45, 7) is 6.45. The van der Waals surface area contributed by atoms with Crippen molar-refractivity contribution in [2.45, 2.75) is 39.7 Å². The summed E-state index contributed by atoms with van der Waals surface area (Å²) in [5, 5.41) is 4.98. The number of benzene rings is 1. The summed E-state index contributed by atoms with van der Waals surface area (Å²) in [6.07, 6.45) is 2.65. The van der Waals surface area contributed by atoms with Gasteiger partial charge in [0.1, 0.15) is 0 Å². The fourth-order valence-electron chi connectivity index (χ4n) is 4.15. The molecule has 1 aliphatic rings. The van der Waals surface area contributed by atoms with Gasteiger partial charge in [0.25, 0.3) is 5.91 Å². The van der Waals surface area contributed by atoms with E-state index < -0.39 is 5.97 Å². The maximum absolute atomic E-state index is 13.1. The molecule has 9 nitrogen and oxygen atoms in total. The van der Waals surface area contributed by atoms with E-state index >= 15 is 0 Å². The zero-order valence-corrected chi connectivity index (χ0v) is 19.7. The second-order valence-corrected chi connectivity index (χ2v) is 8.97. The Labute approximate surface area is 197 Å². The van der Waals surface area contributed by atoms with Crippen LogP contribution in [-0.4, -0.2) is 57.1 Å². The normalized spacial score (nSPS) is 14.5. The van der Waals surface area contributed by atoms with E-state index in [0.29, 0.717) is 48.2 Å². The standard InChI is InChI=1S/C25H29N5O4/c1-15(2)30-24-20(13-27-30)19(12-21(28-24)17-6-4-16(3)5-7-17)25(33)34-14-22(31)29-10-8-18(9-11-29)23(26)32/h4-7,12-13,15,18H,8-11,14H2,1-3H3,(H2,26,32). The third kappa shape index (κ3) is 4.78. The van der Waals surface area contributed by atoms with E-state index in [1.54, 1.807) is 21.8 Å². The highest BCUT2D eigenvalue weighted by molar-refractivity contribution is 6.04. The van der Waals surface area contributed by atoms with Crippen LogP contribution < -0.4 is 5.73 Å².